The van der Waals surface area contributed by atoms with E-state index < -0.39 is 0 Å². The summed E-state index contributed by atoms with van der Waals surface area (Å²) in [5.74, 6) is 0.425. The molecule has 122 valence electrons. The van der Waals surface area contributed by atoms with Crippen LogP contribution < -0.4 is 5.32 Å². The second-order valence-electron chi connectivity index (χ2n) is 5.62. The number of amides is 1. The second kappa shape index (κ2) is 6.16. The smallest absolute Gasteiger partial charge is 0.258 e. The van der Waals surface area contributed by atoms with Crippen LogP contribution in [-0.2, 0) is 0 Å². The lowest BCUT2D eigenvalue weighted by Gasteiger charge is -2.03. The van der Waals surface area contributed by atoms with Gasteiger partial charge in [-0.05, 0) is 25.1 Å². The van der Waals surface area contributed by atoms with Crippen molar-refractivity contribution >= 4 is 17.6 Å². The van der Waals surface area contributed by atoms with Crippen LogP contribution in [0.2, 0.25) is 0 Å². The largest absolute Gasteiger partial charge is 0.289 e. The molecule has 1 N–H and O–H groups in total. The highest BCUT2D eigenvalue weighted by molar-refractivity contribution is 6.03. The average molecular weight is 329 g/mol. The first-order valence-electron chi connectivity index (χ1n) is 7.87. The van der Waals surface area contributed by atoms with Gasteiger partial charge in [0.05, 0.1) is 5.69 Å². The lowest BCUT2D eigenvalue weighted by atomic mass is 10.1. The van der Waals surface area contributed by atoms with Crippen molar-refractivity contribution in [1.29, 1.82) is 0 Å². The Balaban J connectivity index is 1.68. The van der Waals surface area contributed by atoms with Crippen LogP contribution in [-0.4, -0.2) is 25.5 Å². The van der Waals surface area contributed by atoms with Crippen molar-refractivity contribution in [2.24, 2.45) is 0 Å². The van der Waals surface area contributed by atoms with Gasteiger partial charge in [0.25, 0.3) is 17.6 Å². The fraction of sp³-hybridized carbons (Fsp3) is 0.0526. The first-order valence-corrected chi connectivity index (χ1v) is 7.87. The second-order valence-corrected chi connectivity index (χ2v) is 5.62. The molecule has 0 radical (unpaired) electrons. The van der Waals surface area contributed by atoms with Crippen LogP contribution in [0.25, 0.3) is 17.0 Å². The molecule has 0 aliphatic heterocycles. The van der Waals surface area contributed by atoms with E-state index in [0.717, 1.165) is 17.0 Å². The molecule has 0 fully saturated rings. The number of hydrogen-bond acceptors (Lipinski definition) is 4. The Kier molecular flexibility index (Phi) is 3.70. The topological polar surface area (TPSA) is 72.2 Å². The van der Waals surface area contributed by atoms with Crippen LogP contribution in [0.15, 0.2) is 66.7 Å². The van der Waals surface area contributed by atoms with E-state index in [1.54, 1.807) is 16.6 Å². The third-order valence-electron chi connectivity index (χ3n) is 3.82. The Hall–Kier alpha value is -3.54. The number of fused-ring (bicyclic) bond motifs is 1. The van der Waals surface area contributed by atoms with Gasteiger partial charge in [-0.3, -0.25) is 10.1 Å². The summed E-state index contributed by atoms with van der Waals surface area (Å²) in [6, 6.07) is 20.8. The van der Waals surface area contributed by atoms with E-state index in [1.165, 1.54) is 0 Å². The zero-order chi connectivity index (χ0) is 17.2. The van der Waals surface area contributed by atoms with Crippen molar-refractivity contribution in [2.75, 3.05) is 5.32 Å². The summed E-state index contributed by atoms with van der Waals surface area (Å²) in [6.07, 6.45) is 0. The fourth-order valence-corrected chi connectivity index (χ4v) is 2.58. The van der Waals surface area contributed by atoms with Gasteiger partial charge in [-0.25, -0.2) is 4.98 Å². The van der Waals surface area contributed by atoms with Crippen LogP contribution in [0.3, 0.4) is 0 Å². The maximum Gasteiger partial charge on any atom is 0.258 e. The zero-order valence-electron chi connectivity index (χ0n) is 13.5. The van der Waals surface area contributed by atoms with Crippen molar-refractivity contribution in [3.8, 4) is 11.3 Å². The summed E-state index contributed by atoms with van der Waals surface area (Å²) < 4.78 is 1.62. The molecule has 1 amide bonds. The number of carbonyl (C=O) groups excluding carboxylic acids is 1. The van der Waals surface area contributed by atoms with Crippen LogP contribution in [0.1, 0.15) is 16.1 Å². The Morgan fingerprint density at radius 2 is 1.64 bits per heavy atom. The van der Waals surface area contributed by atoms with Crippen molar-refractivity contribution in [3.63, 3.8) is 0 Å². The van der Waals surface area contributed by atoms with Gasteiger partial charge in [0.1, 0.15) is 0 Å². The monoisotopic (exact) mass is 329 g/mol. The van der Waals surface area contributed by atoms with Gasteiger partial charge in [-0.15, -0.1) is 5.10 Å². The summed E-state index contributed by atoms with van der Waals surface area (Å²) in [6.45, 7) is 1.93. The molecule has 2 heterocycles. The molecule has 4 rings (SSSR count). The van der Waals surface area contributed by atoms with Crippen molar-refractivity contribution in [3.05, 3.63) is 78.0 Å². The van der Waals surface area contributed by atoms with E-state index >= 15 is 0 Å². The summed E-state index contributed by atoms with van der Waals surface area (Å²) >= 11 is 0. The van der Waals surface area contributed by atoms with Crippen LogP contribution in [0.5, 0.6) is 0 Å². The van der Waals surface area contributed by atoms with Gasteiger partial charge in [0.15, 0.2) is 0 Å². The number of aryl methyl sites for hydroxylation is 1. The van der Waals surface area contributed by atoms with E-state index in [0.29, 0.717) is 11.3 Å². The quantitative estimate of drug-likeness (QED) is 0.625. The molecule has 2 aromatic carbocycles. The van der Waals surface area contributed by atoms with Gasteiger partial charge >= 0.3 is 0 Å². The first-order chi connectivity index (χ1) is 12.2. The molecule has 0 bridgehead atoms. The molecule has 0 atom stereocenters. The third kappa shape index (κ3) is 2.97. The van der Waals surface area contributed by atoms with Gasteiger partial charge < -0.3 is 0 Å². The third-order valence-corrected chi connectivity index (χ3v) is 3.82. The predicted octanol–water partition coefficient (Wildman–Crippen LogP) is 3.35. The SMILES string of the molecule is Cc1cc(-c2ccccc2)nc2nc(NC(=O)c3ccccc3)nn12. The minimum absolute atomic E-state index is 0.231. The Labute approximate surface area is 144 Å². The summed E-state index contributed by atoms with van der Waals surface area (Å²) in [5.41, 5.74) is 3.26. The normalized spacial score (nSPS) is 10.8. The molecular formula is C19H15N5O. The van der Waals surface area contributed by atoms with E-state index in [-0.39, 0.29) is 11.9 Å². The van der Waals surface area contributed by atoms with Gasteiger partial charge in [0.2, 0.25) is 0 Å². The Morgan fingerprint density at radius 1 is 0.960 bits per heavy atom. The number of aromatic nitrogens is 4. The van der Waals surface area contributed by atoms with Crippen molar-refractivity contribution in [1.82, 2.24) is 19.6 Å². The minimum Gasteiger partial charge on any atom is -0.289 e. The predicted molar refractivity (Wildman–Crippen MR) is 95.4 cm³/mol. The van der Waals surface area contributed by atoms with Crippen LogP contribution >= 0.6 is 0 Å². The van der Waals surface area contributed by atoms with Gasteiger partial charge in [-0.2, -0.15) is 9.50 Å². The molecule has 0 saturated carbocycles. The maximum absolute atomic E-state index is 12.2. The molecule has 6 heteroatoms. The molecule has 0 aliphatic rings. The van der Waals surface area contributed by atoms with Crippen molar-refractivity contribution < 1.29 is 4.79 Å². The summed E-state index contributed by atoms with van der Waals surface area (Å²) in [7, 11) is 0. The minimum atomic E-state index is -0.252. The molecule has 4 aromatic rings. The Bertz CT molecular complexity index is 1040. The number of hydrogen-bond donors (Lipinski definition) is 1. The van der Waals surface area contributed by atoms with E-state index in [1.807, 2.05) is 61.5 Å². The number of rotatable bonds is 3. The molecule has 25 heavy (non-hydrogen) atoms. The van der Waals surface area contributed by atoms with Gasteiger partial charge in [-0.1, -0.05) is 48.5 Å². The number of nitrogens with one attached hydrogen (secondary N) is 1. The molecule has 0 saturated heterocycles. The highest BCUT2D eigenvalue weighted by Crippen LogP contribution is 2.19. The molecule has 0 aliphatic carbocycles. The highest BCUT2D eigenvalue weighted by atomic mass is 16.1. The maximum atomic E-state index is 12.2. The van der Waals surface area contributed by atoms with Crippen LogP contribution in [0, 0.1) is 6.92 Å². The lowest BCUT2D eigenvalue weighted by Crippen LogP contribution is -2.12. The standard InChI is InChI=1S/C19H15N5O/c1-13-12-16(14-8-4-2-5-9-14)20-19-22-18(23-24(13)19)21-17(25)15-10-6-3-7-11-15/h2-12H,1H3,(H,21,23,25). The Morgan fingerprint density at radius 3 is 2.36 bits per heavy atom. The average Bonchev–Trinajstić information content (AvgIpc) is 3.06. The van der Waals surface area contributed by atoms with E-state index in [2.05, 4.69) is 20.4 Å². The summed E-state index contributed by atoms with van der Waals surface area (Å²) in [4.78, 5) is 21.1. The fourth-order valence-electron chi connectivity index (χ4n) is 2.58. The van der Waals surface area contributed by atoms with E-state index in [9.17, 15) is 4.79 Å². The first kappa shape index (κ1) is 15.0. The summed E-state index contributed by atoms with van der Waals surface area (Å²) in [5, 5.41) is 7.04. The molecule has 2 aromatic heterocycles. The molecule has 0 spiro atoms. The van der Waals surface area contributed by atoms with Crippen LogP contribution in [0.4, 0.5) is 5.95 Å². The number of benzene rings is 2. The van der Waals surface area contributed by atoms with Gasteiger partial charge in [0, 0.05) is 16.8 Å². The highest BCUT2D eigenvalue weighted by Gasteiger charge is 2.13. The van der Waals surface area contributed by atoms with E-state index in [4.69, 9.17) is 0 Å². The molecular weight excluding hydrogens is 314 g/mol. The number of anilines is 1. The van der Waals surface area contributed by atoms with Crippen molar-refractivity contribution in [2.45, 2.75) is 6.92 Å². The lowest BCUT2D eigenvalue weighted by molar-refractivity contribution is 0.102. The number of carbonyl (C=O) groups is 1. The number of nitrogens with zero attached hydrogens (tertiary/aromatic N) is 4. The molecule has 0 unspecified atom stereocenters. The molecule has 6 nitrogen and oxygen atoms in total. The zero-order valence-corrected chi connectivity index (χ0v) is 13.5.